The number of ether oxygens (including phenoxy) is 1. The maximum Gasteiger partial charge on any atom is 0.123 e. The number of aromatic hydroxyl groups is 1. The van der Waals surface area contributed by atoms with E-state index in [1.54, 1.807) is 6.07 Å². The van der Waals surface area contributed by atoms with Gasteiger partial charge in [0.25, 0.3) is 0 Å². The molecule has 0 unspecified atom stereocenters. The van der Waals surface area contributed by atoms with Crippen LogP contribution < -0.4 is 4.74 Å². The molecule has 4 aromatic rings. The fourth-order valence-electron chi connectivity index (χ4n) is 3.66. The van der Waals surface area contributed by atoms with Gasteiger partial charge in [0, 0.05) is 24.1 Å². The molecule has 0 radical (unpaired) electrons. The lowest BCUT2D eigenvalue weighted by atomic mass is 9.93. The van der Waals surface area contributed by atoms with E-state index in [0.717, 1.165) is 39.6 Å². The Morgan fingerprint density at radius 1 is 0.750 bits per heavy atom. The van der Waals surface area contributed by atoms with Gasteiger partial charge in [-0.2, -0.15) is 0 Å². The zero-order valence-corrected chi connectivity index (χ0v) is 16.4. The molecule has 0 fully saturated rings. The predicted molar refractivity (Wildman–Crippen MR) is 116 cm³/mol. The van der Waals surface area contributed by atoms with E-state index in [0.29, 0.717) is 18.8 Å². The van der Waals surface area contributed by atoms with Gasteiger partial charge in [0.2, 0.25) is 0 Å². The van der Waals surface area contributed by atoms with Crippen LogP contribution in [0.5, 0.6) is 11.5 Å². The van der Waals surface area contributed by atoms with Crippen molar-refractivity contribution in [2.45, 2.75) is 6.42 Å². The van der Waals surface area contributed by atoms with Crippen LogP contribution in [0.25, 0.3) is 21.5 Å². The Kier molecular flexibility index (Phi) is 5.18. The Hall–Kier alpha value is -3.04. The zero-order valence-electron chi connectivity index (χ0n) is 16.4. The first-order valence-corrected chi connectivity index (χ1v) is 9.61. The Morgan fingerprint density at radius 2 is 1.36 bits per heavy atom. The van der Waals surface area contributed by atoms with Crippen molar-refractivity contribution in [2.24, 2.45) is 0 Å². The minimum atomic E-state index is 0.325. The molecule has 1 N–H and O–H groups in total. The van der Waals surface area contributed by atoms with E-state index < -0.39 is 0 Å². The quantitative estimate of drug-likeness (QED) is 0.504. The molecule has 0 heterocycles. The van der Waals surface area contributed by atoms with Gasteiger partial charge < -0.3 is 14.7 Å². The lowest BCUT2D eigenvalue weighted by molar-refractivity contribution is 0.260. The summed E-state index contributed by atoms with van der Waals surface area (Å²) in [5.41, 5.74) is 2.05. The van der Waals surface area contributed by atoms with Gasteiger partial charge in [0.15, 0.2) is 0 Å². The Morgan fingerprint density at radius 3 is 2.04 bits per heavy atom. The van der Waals surface area contributed by atoms with Crippen LogP contribution in [-0.4, -0.2) is 37.3 Å². The summed E-state index contributed by atoms with van der Waals surface area (Å²) in [7, 11) is 4.08. The minimum absolute atomic E-state index is 0.325. The first-order valence-electron chi connectivity index (χ1n) is 9.61. The van der Waals surface area contributed by atoms with Crippen molar-refractivity contribution in [3.8, 4) is 11.5 Å². The number of likely N-dealkylation sites (N-methyl/N-ethyl adjacent to an activating group) is 1. The summed E-state index contributed by atoms with van der Waals surface area (Å²) >= 11 is 0. The Labute approximate surface area is 165 Å². The number of nitrogens with zero attached hydrogens (tertiary/aromatic N) is 1. The highest BCUT2D eigenvalue weighted by molar-refractivity contribution is 5.91. The summed E-state index contributed by atoms with van der Waals surface area (Å²) in [6.07, 6.45) is 0.617. The van der Waals surface area contributed by atoms with Crippen LogP contribution >= 0.6 is 0 Å². The molecule has 0 amide bonds. The summed E-state index contributed by atoms with van der Waals surface area (Å²) in [5.74, 6) is 1.21. The SMILES string of the molecule is CN(C)CCOc1ccc2ccccc2c1Cc1c(O)ccc2ccccc12. The highest BCUT2D eigenvalue weighted by Gasteiger charge is 2.14. The number of phenols is 1. The summed E-state index contributed by atoms with van der Waals surface area (Å²) in [6, 6.07) is 24.4. The van der Waals surface area contributed by atoms with Gasteiger partial charge in [-0.3, -0.25) is 0 Å². The molecular weight excluding hydrogens is 346 g/mol. The second kappa shape index (κ2) is 7.91. The Bertz CT molecular complexity index is 1120. The molecule has 0 saturated heterocycles. The molecular formula is C25H25NO2. The molecule has 0 bridgehead atoms. The maximum absolute atomic E-state index is 10.6. The van der Waals surface area contributed by atoms with E-state index in [1.807, 2.05) is 38.4 Å². The topological polar surface area (TPSA) is 32.7 Å². The molecule has 0 aromatic heterocycles. The molecule has 0 aliphatic heterocycles. The molecule has 3 nitrogen and oxygen atoms in total. The summed E-state index contributed by atoms with van der Waals surface area (Å²) in [4.78, 5) is 2.11. The van der Waals surface area contributed by atoms with Crippen LogP contribution in [0.4, 0.5) is 0 Å². The molecule has 0 atom stereocenters. The molecule has 4 aromatic carbocycles. The van der Waals surface area contributed by atoms with Gasteiger partial charge in [0.05, 0.1) is 0 Å². The molecule has 142 valence electrons. The fraction of sp³-hybridized carbons (Fsp3) is 0.200. The van der Waals surface area contributed by atoms with Crippen LogP contribution in [0.2, 0.25) is 0 Å². The van der Waals surface area contributed by atoms with E-state index in [4.69, 9.17) is 4.74 Å². The largest absolute Gasteiger partial charge is 0.508 e. The van der Waals surface area contributed by atoms with Crippen molar-refractivity contribution in [1.82, 2.24) is 4.90 Å². The van der Waals surface area contributed by atoms with Crippen LogP contribution in [0.1, 0.15) is 11.1 Å². The normalized spacial score (nSPS) is 11.4. The number of phenolic OH excluding ortho intramolecular Hbond substituents is 1. The zero-order chi connectivity index (χ0) is 19.5. The van der Waals surface area contributed by atoms with Crippen molar-refractivity contribution in [2.75, 3.05) is 27.2 Å². The number of hydrogen-bond donors (Lipinski definition) is 1. The van der Waals surface area contributed by atoms with Crippen LogP contribution in [0, 0.1) is 0 Å². The van der Waals surface area contributed by atoms with Gasteiger partial charge in [-0.25, -0.2) is 0 Å². The molecule has 28 heavy (non-hydrogen) atoms. The number of benzene rings is 4. The average Bonchev–Trinajstić information content (AvgIpc) is 2.71. The number of rotatable bonds is 6. The lowest BCUT2D eigenvalue weighted by Crippen LogP contribution is -2.19. The van der Waals surface area contributed by atoms with Gasteiger partial charge >= 0.3 is 0 Å². The second-order valence-electron chi connectivity index (χ2n) is 7.38. The van der Waals surface area contributed by atoms with Gasteiger partial charge in [0.1, 0.15) is 18.1 Å². The van der Waals surface area contributed by atoms with E-state index in [1.165, 1.54) is 5.39 Å². The van der Waals surface area contributed by atoms with E-state index in [9.17, 15) is 5.11 Å². The maximum atomic E-state index is 10.6. The summed E-state index contributed by atoms with van der Waals surface area (Å²) < 4.78 is 6.16. The standard InChI is InChI=1S/C25H25NO2/c1-26(2)15-16-28-25-14-12-19-8-4-6-10-21(19)23(25)17-22-20-9-5-3-7-18(20)11-13-24(22)27/h3-14,27H,15-17H2,1-2H3. The number of hydrogen-bond acceptors (Lipinski definition) is 3. The number of fused-ring (bicyclic) bond motifs is 2. The van der Waals surface area contributed by atoms with Gasteiger partial charge in [-0.05, 0) is 47.8 Å². The lowest BCUT2D eigenvalue weighted by Gasteiger charge is -2.17. The van der Waals surface area contributed by atoms with Crippen molar-refractivity contribution in [1.29, 1.82) is 0 Å². The average molecular weight is 371 g/mol. The molecule has 4 rings (SSSR count). The molecule has 0 aliphatic carbocycles. The third-order valence-electron chi connectivity index (χ3n) is 5.16. The van der Waals surface area contributed by atoms with Crippen molar-refractivity contribution >= 4 is 21.5 Å². The smallest absolute Gasteiger partial charge is 0.123 e. The van der Waals surface area contributed by atoms with E-state index in [2.05, 4.69) is 47.4 Å². The second-order valence-corrected chi connectivity index (χ2v) is 7.38. The van der Waals surface area contributed by atoms with Crippen molar-refractivity contribution in [3.63, 3.8) is 0 Å². The van der Waals surface area contributed by atoms with Gasteiger partial charge in [-0.15, -0.1) is 0 Å². The third kappa shape index (κ3) is 3.67. The molecule has 0 saturated carbocycles. The fourth-order valence-corrected chi connectivity index (χ4v) is 3.66. The van der Waals surface area contributed by atoms with E-state index >= 15 is 0 Å². The first-order chi connectivity index (χ1) is 13.6. The highest BCUT2D eigenvalue weighted by atomic mass is 16.5. The summed E-state index contributed by atoms with van der Waals surface area (Å²) in [5, 5.41) is 15.2. The van der Waals surface area contributed by atoms with Gasteiger partial charge in [-0.1, -0.05) is 60.7 Å². The third-order valence-corrected chi connectivity index (χ3v) is 5.16. The van der Waals surface area contributed by atoms with Crippen LogP contribution in [0.3, 0.4) is 0 Å². The van der Waals surface area contributed by atoms with Crippen molar-refractivity contribution < 1.29 is 9.84 Å². The molecule has 0 aliphatic rings. The predicted octanol–water partition coefficient (Wildman–Crippen LogP) is 5.23. The molecule has 3 heteroatoms. The van der Waals surface area contributed by atoms with Crippen LogP contribution in [-0.2, 0) is 6.42 Å². The van der Waals surface area contributed by atoms with Crippen molar-refractivity contribution in [3.05, 3.63) is 83.9 Å². The van der Waals surface area contributed by atoms with Crippen LogP contribution in [0.15, 0.2) is 72.8 Å². The van der Waals surface area contributed by atoms with E-state index in [-0.39, 0.29) is 0 Å². The molecule has 0 spiro atoms. The Balaban J connectivity index is 1.82. The monoisotopic (exact) mass is 371 g/mol. The first kappa shape index (κ1) is 18.3. The minimum Gasteiger partial charge on any atom is -0.508 e. The highest BCUT2D eigenvalue weighted by Crippen LogP contribution is 2.35. The summed E-state index contributed by atoms with van der Waals surface area (Å²) in [6.45, 7) is 1.48.